The molecule has 1 saturated heterocycles. The number of methoxy groups -OCH3 is 2. The third-order valence-electron chi connectivity index (χ3n) is 4.19. The molecule has 0 amide bonds. The van der Waals surface area contributed by atoms with Gasteiger partial charge in [-0.15, -0.1) is 0 Å². The van der Waals surface area contributed by atoms with Gasteiger partial charge in [-0.05, 0) is 56.5 Å². The molecule has 0 spiro atoms. The van der Waals surface area contributed by atoms with Crippen molar-refractivity contribution in [1.82, 2.24) is 4.90 Å². The fraction of sp³-hybridized carbons (Fsp3) is 0.625. The van der Waals surface area contributed by atoms with E-state index in [0.29, 0.717) is 12.0 Å². The lowest BCUT2D eigenvalue weighted by atomic mass is 9.91. The molecule has 2 N–H and O–H groups in total. The zero-order valence-electron chi connectivity index (χ0n) is 12.8. The highest BCUT2D eigenvalue weighted by Crippen LogP contribution is 2.25. The van der Waals surface area contributed by atoms with E-state index in [1.807, 2.05) is 6.07 Å². The zero-order chi connectivity index (χ0) is 14.5. The highest BCUT2D eigenvalue weighted by Gasteiger charge is 2.21. The average Bonchev–Trinajstić information content (AvgIpc) is 2.47. The van der Waals surface area contributed by atoms with Crippen molar-refractivity contribution in [3.63, 3.8) is 0 Å². The first-order chi connectivity index (χ1) is 9.62. The fourth-order valence-electron chi connectivity index (χ4n) is 2.85. The molecule has 4 heteroatoms. The van der Waals surface area contributed by atoms with Gasteiger partial charge in [0.05, 0.1) is 14.2 Å². The van der Waals surface area contributed by atoms with Crippen LogP contribution in [0.15, 0.2) is 18.2 Å². The Balaban J connectivity index is 1.97. The molecule has 20 heavy (non-hydrogen) atoms. The Kier molecular flexibility index (Phi) is 5.26. The number of piperidine rings is 1. The van der Waals surface area contributed by atoms with Gasteiger partial charge in [-0.3, -0.25) is 4.90 Å². The van der Waals surface area contributed by atoms with Gasteiger partial charge >= 0.3 is 0 Å². The van der Waals surface area contributed by atoms with E-state index in [1.165, 1.54) is 18.4 Å². The zero-order valence-corrected chi connectivity index (χ0v) is 12.8. The van der Waals surface area contributed by atoms with E-state index in [2.05, 4.69) is 24.0 Å². The van der Waals surface area contributed by atoms with Gasteiger partial charge in [-0.1, -0.05) is 0 Å². The van der Waals surface area contributed by atoms with Crippen molar-refractivity contribution < 1.29 is 9.47 Å². The molecule has 4 nitrogen and oxygen atoms in total. The van der Waals surface area contributed by atoms with Crippen LogP contribution in [0.2, 0.25) is 0 Å². The molecule has 1 fully saturated rings. The number of hydrogen-bond acceptors (Lipinski definition) is 4. The summed E-state index contributed by atoms with van der Waals surface area (Å²) in [5.74, 6) is 2.38. The predicted octanol–water partition coefficient (Wildman–Crippen LogP) is 2.26. The van der Waals surface area contributed by atoms with Crippen LogP contribution >= 0.6 is 0 Å². The second-order valence-electron chi connectivity index (χ2n) is 5.69. The lowest BCUT2D eigenvalue weighted by Gasteiger charge is -2.33. The predicted molar refractivity (Wildman–Crippen MR) is 81.2 cm³/mol. The summed E-state index contributed by atoms with van der Waals surface area (Å²) in [5, 5.41) is 0. The Morgan fingerprint density at radius 2 is 1.70 bits per heavy atom. The van der Waals surface area contributed by atoms with Crippen LogP contribution < -0.4 is 15.2 Å². The standard InChI is InChI=1S/C16H26N2O2/c1-12(17)14-4-6-18(7-5-14)11-13-8-15(19-2)10-16(9-13)20-3/h8-10,12,14H,4-7,11,17H2,1-3H3. The summed E-state index contributed by atoms with van der Waals surface area (Å²) in [4.78, 5) is 2.48. The lowest BCUT2D eigenvalue weighted by molar-refractivity contribution is 0.165. The second kappa shape index (κ2) is 6.95. The van der Waals surface area contributed by atoms with E-state index in [1.54, 1.807) is 14.2 Å². The van der Waals surface area contributed by atoms with Crippen LogP contribution in [0.25, 0.3) is 0 Å². The number of ether oxygens (including phenoxy) is 2. The Hall–Kier alpha value is -1.26. The van der Waals surface area contributed by atoms with Gasteiger partial charge in [-0.25, -0.2) is 0 Å². The monoisotopic (exact) mass is 278 g/mol. The highest BCUT2D eigenvalue weighted by atomic mass is 16.5. The maximum atomic E-state index is 5.99. The molecule has 1 aromatic rings. The summed E-state index contributed by atoms with van der Waals surface area (Å²) in [6.45, 7) is 5.30. The number of benzene rings is 1. The fourth-order valence-corrected chi connectivity index (χ4v) is 2.85. The highest BCUT2D eigenvalue weighted by molar-refractivity contribution is 5.38. The largest absolute Gasteiger partial charge is 0.497 e. The third kappa shape index (κ3) is 3.87. The summed E-state index contributed by atoms with van der Waals surface area (Å²) in [6.07, 6.45) is 2.39. The summed E-state index contributed by atoms with van der Waals surface area (Å²) >= 11 is 0. The minimum atomic E-state index is 0.314. The van der Waals surface area contributed by atoms with Gasteiger partial charge in [0.25, 0.3) is 0 Å². The van der Waals surface area contributed by atoms with Gasteiger partial charge in [0.1, 0.15) is 11.5 Å². The van der Waals surface area contributed by atoms with Gasteiger partial charge < -0.3 is 15.2 Å². The van der Waals surface area contributed by atoms with Gasteiger partial charge in [0.2, 0.25) is 0 Å². The number of hydrogen-bond donors (Lipinski definition) is 1. The van der Waals surface area contributed by atoms with Crippen molar-refractivity contribution in [1.29, 1.82) is 0 Å². The van der Waals surface area contributed by atoms with Crippen molar-refractivity contribution >= 4 is 0 Å². The molecule has 1 aromatic carbocycles. The van der Waals surface area contributed by atoms with Crippen LogP contribution in [-0.2, 0) is 6.54 Å². The molecular formula is C16H26N2O2. The normalized spacial score (nSPS) is 18.8. The number of nitrogens with two attached hydrogens (primary N) is 1. The molecular weight excluding hydrogens is 252 g/mol. The van der Waals surface area contributed by atoms with E-state index in [-0.39, 0.29) is 0 Å². The minimum absolute atomic E-state index is 0.314. The Labute approximate surface area is 121 Å². The average molecular weight is 278 g/mol. The minimum Gasteiger partial charge on any atom is -0.497 e. The summed E-state index contributed by atoms with van der Waals surface area (Å²) in [6, 6.07) is 6.39. The van der Waals surface area contributed by atoms with E-state index < -0.39 is 0 Å². The van der Waals surface area contributed by atoms with Crippen molar-refractivity contribution in [3.8, 4) is 11.5 Å². The molecule has 1 heterocycles. The molecule has 1 aliphatic heterocycles. The van der Waals surface area contributed by atoms with E-state index >= 15 is 0 Å². The van der Waals surface area contributed by atoms with Crippen LogP contribution in [0.4, 0.5) is 0 Å². The first kappa shape index (κ1) is 15.1. The Bertz CT molecular complexity index is 404. The molecule has 2 rings (SSSR count). The van der Waals surface area contributed by atoms with Crippen molar-refractivity contribution in [3.05, 3.63) is 23.8 Å². The van der Waals surface area contributed by atoms with E-state index in [9.17, 15) is 0 Å². The molecule has 1 aliphatic rings. The molecule has 0 aliphatic carbocycles. The Morgan fingerprint density at radius 3 is 2.15 bits per heavy atom. The maximum Gasteiger partial charge on any atom is 0.122 e. The first-order valence-corrected chi connectivity index (χ1v) is 7.32. The van der Waals surface area contributed by atoms with Crippen molar-refractivity contribution in [2.75, 3.05) is 27.3 Å². The van der Waals surface area contributed by atoms with Crippen LogP contribution in [0.5, 0.6) is 11.5 Å². The summed E-state index contributed by atoms with van der Waals surface area (Å²) in [7, 11) is 3.37. The van der Waals surface area contributed by atoms with Gasteiger partial charge in [-0.2, -0.15) is 0 Å². The molecule has 112 valence electrons. The molecule has 0 saturated carbocycles. The molecule has 1 unspecified atom stereocenters. The number of nitrogens with zero attached hydrogens (tertiary/aromatic N) is 1. The second-order valence-corrected chi connectivity index (χ2v) is 5.69. The van der Waals surface area contributed by atoms with Crippen LogP contribution in [-0.4, -0.2) is 38.3 Å². The van der Waals surface area contributed by atoms with Gasteiger partial charge in [0, 0.05) is 18.7 Å². The van der Waals surface area contributed by atoms with E-state index in [0.717, 1.165) is 31.1 Å². The van der Waals surface area contributed by atoms with Crippen molar-refractivity contribution in [2.45, 2.75) is 32.4 Å². The van der Waals surface area contributed by atoms with Gasteiger partial charge in [0.15, 0.2) is 0 Å². The van der Waals surface area contributed by atoms with Crippen molar-refractivity contribution in [2.24, 2.45) is 11.7 Å². The first-order valence-electron chi connectivity index (χ1n) is 7.32. The Morgan fingerprint density at radius 1 is 1.15 bits per heavy atom. The SMILES string of the molecule is COc1cc(CN2CCC(C(C)N)CC2)cc(OC)c1. The maximum absolute atomic E-state index is 5.99. The lowest BCUT2D eigenvalue weighted by Crippen LogP contribution is -2.39. The summed E-state index contributed by atoms with van der Waals surface area (Å²) in [5.41, 5.74) is 7.23. The third-order valence-corrected chi connectivity index (χ3v) is 4.19. The van der Waals surface area contributed by atoms with Crippen LogP contribution in [0.3, 0.4) is 0 Å². The summed E-state index contributed by atoms with van der Waals surface area (Å²) < 4.78 is 10.6. The molecule has 1 atom stereocenters. The quantitative estimate of drug-likeness (QED) is 0.897. The molecule has 0 aromatic heterocycles. The van der Waals surface area contributed by atoms with Crippen LogP contribution in [0.1, 0.15) is 25.3 Å². The topological polar surface area (TPSA) is 47.7 Å². The molecule has 0 radical (unpaired) electrons. The smallest absolute Gasteiger partial charge is 0.122 e. The van der Waals surface area contributed by atoms with E-state index in [4.69, 9.17) is 15.2 Å². The van der Waals surface area contributed by atoms with Crippen LogP contribution in [0, 0.1) is 5.92 Å². The number of rotatable bonds is 5. The molecule has 0 bridgehead atoms. The number of likely N-dealkylation sites (tertiary alicyclic amines) is 1.